The molecule has 0 aliphatic heterocycles. The number of rotatable bonds is 6. The highest BCUT2D eigenvalue weighted by Gasteiger charge is 2.29. The Balaban J connectivity index is 1.36. The van der Waals surface area contributed by atoms with Crippen molar-refractivity contribution in [1.29, 1.82) is 0 Å². The van der Waals surface area contributed by atoms with Crippen LogP contribution >= 0.6 is 0 Å². The van der Waals surface area contributed by atoms with E-state index >= 15 is 0 Å². The molecule has 0 saturated heterocycles. The van der Waals surface area contributed by atoms with Crippen LogP contribution < -0.4 is 5.32 Å². The Morgan fingerprint density at radius 2 is 1.96 bits per heavy atom. The van der Waals surface area contributed by atoms with Crippen LogP contribution in [0, 0.1) is 11.7 Å². The number of anilines is 1. The summed E-state index contributed by atoms with van der Waals surface area (Å²) in [7, 11) is 0. The number of esters is 1. The van der Waals surface area contributed by atoms with E-state index in [0.29, 0.717) is 22.6 Å². The van der Waals surface area contributed by atoms with Crippen molar-refractivity contribution >= 4 is 17.6 Å². The number of aromatic nitrogens is 1. The Labute approximate surface area is 160 Å². The quantitative estimate of drug-likeness (QED) is 0.649. The molecule has 28 heavy (non-hydrogen) atoms. The first kappa shape index (κ1) is 17.9. The standard InChI is InChI=1S/C21H17FN2O4/c22-16-8-6-13(7-9-16)18-11-23-19(28-18)12-27-21(26)15-2-1-3-17(10-15)24-20(25)14-4-5-14/h1-3,6-11,14H,4-5,12H2,(H,24,25). The van der Waals surface area contributed by atoms with Crippen LogP contribution in [0.4, 0.5) is 10.1 Å². The van der Waals surface area contributed by atoms with Crippen LogP contribution in [0.5, 0.6) is 0 Å². The van der Waals surface area contributed by atoms with Crippen molar-refractivity contribution in [3.8, 4) is 11.3 Å². The summed E-state index contributed by atoms with van der Waals surface area (Å²) in [5, 5.41) is 2.79. The highest BCUT2D eigenvalue weighted by Crippen LogP contribution is 2.30. The molecule has 2 aromatic carbocycles. The van der Waals surface area contributed by atoms with E-state index in [1.165, 1.54) is 18.3 Å². The molecule has 142 valence electrons. The van der Waals surface area contributed by atoms with Gasteiger partial charge in [0.1, 0.15) is 5.82 Å². The second kappa shape index (κ2) is 7.64. The smallest absolute Gasteiger partial charge is 0.338 e. The van der Waals surface area contributed by atoms with Gasteiger partial charge >= 0.3 is 5.97 Å². The molecule has 4 rings (SSSR count). The topological polar surface area (TPSA) is 81.4 Å². The number of nitrogens with one attached hydrogen (secondary N) is 1. The normalized spacial score (nSPS) is 13.2. The number of hydrogen-bond acceptors (Lipinski definition) is 5. The predicted octanol–water partition coefficient (Wildman–Crippen LogP) is 4.19. The Kier molecular flexibility index (Phi) is 4.89. The van der Waals surface area contributed by atoms with Crippen LogP contribution in [0.2, 0.25) is 0 Å². The van der Waals surface area contributed by atoms with Crippen LogP contribution in [-0.2, 0) is 16.1 Å². The summed E-state index contributed by atoms with van der Waals surface area (Å²) in [5.41, 5.74) is 1.55. The number of benzene rings is 2. The maximum absolute atomic E-state index is 13.0. The first-order valence-corrected chi connectivity index (χ1v) is 8.87. The minimum Gasteiger partial charge on any atom is -0.452 e. The van der Waals surface area contributed by atoms with Crippen molar-refractivity contribution in [3.63, 3.8) is 0 Å². The zero-order valence-corrected chi connectivity index (χ0v) is 14.9. The van der Waals surface area contributed by atoms with Gasteiger partial charge in [-0.1, -0.05) is 6.07 Å². The van der Waals surface area contributed by atoms with E-state index in [-0.39, 0.29) is 30.1 Å². The molecule has 0 bridgehead atoms. The van der Waals surface area contributed by atoms with Gasteiger partial charge in [-0.25, -0.2) is 14.2 Å². The fourth-order valence-electron chi connectivity index (χ4n) is 2.65. The first-order chi connectivity index (χ1) is 13.6. The average Bonchev–Trinajstić information content (AvgIpc) is 3.46. The van der Waals surface area contributed by atoms with Crippen molar-refractivity contribution in [2.45, 2.75) is 19.4 Å². The fraction of sp³-hybridized carbons (Fsp3) is 0.190. The molecular weight excluding hydrogens is 363 g/mol. The summed E-state index contributed by atoms with van der Waals surface area (Å²) < 4.78 is 23.8. The van der Waals surface area contributed by atoms with Crippen molar-refractivity contribution < 1.29 is 23.1 Å². The first-order valence-electron chi connectivity index (χ1n) is 8.87. The van der Waals surface area contributed by atoms with E-state index in [9.17, 15) is 14.0 Å². The van der Waals surface area contributed by atoms with Crippen molar-refractivity contribution in [3.05, 3.63) is 72.0 Å². The summed E-state index contributed by atoms with van der Waals surface area (Å²) in [5.74, 6) is -0.159. The molecule has 0 atom stereocenters. The molecule has 3 aromatic rings. The molecule has 1 fully saturated rings. The maximum Gasteiger partial charge on any atom is 0.338 e. The number of ether oxygens (including phenoxy) is 1. The lowest BCUT2D eigenvalue weighted by Crippen LogP contribution is -2.14. The third-order valence-corrected chi connectivity index (χ3v) is 4.32. The zero-order chi connectivity index (χ0) is 19.5. The zero-order valence-electron chi connectivity index (χ0n) is 14.9. The monoisotopic (exact) mass is 380 g/mol. The Morgan fingerprint density at radius 3 is 2.71 bits per heavy atom. The summed E-state index contributed by atoms with van der Waals surface area (Å²) in [4.78, 5) is 28.2. The highest BCUT2D eigenvalue weighted by atomic mass is 19.1. The predicted molar refractivity (Wildman–Crippen MR) is 98.8 cm³/mol. The van der Waals surface area contributed by atoms with Crippen LogP contribution in [0.15, 0.2) is 59.1 Å². The largest absolute Gasteiger partial charge is 0.452 e. The van der Waals surface area contributed by atoms with Gasteiger partial charge in [0.05, 0.1) is 11.8 Å². The third-order valence-electron chi connectivity index (χ3n) is 4.32. The summed E-state index contributed by atoms with van der Waals surface area (Å²) in [6, 6.07) is 12.4. The summed E-state index contributed by atoms with van der Waals surface area (Å²) >= 11 is 0. The van der Waals surface area contributed by atoms with Crippen molar-refractivity contribution in [2.24, 2.45) is 5.92 Å². The van der Waals surface area contributed by atoms with Crippen LogP contribution in [0.25, 0.3) is 11.3 Å². The van der Waals surface area contributed by atoms with E-state index in [1.807, 2.05) is 0 Å². The molecule has 0 radical (unpaired) electrons. The summed E-state index contributed by atoms with van der Waals surface area (Å²) in [6.45, 7) is -0.140. The molecule has 1 aromatic heterocycles. The van der Waals surface area contributed by atoms with Gasteiger partial charge in [-0.2, -0.15) is 0 Å². The Bertz CT molecular complexity index is 1010. The molecule has 7 heteroatoms. The van der Waals surface area contributed by atoms with Gasteiger partial charge < -0.3 is 14.5 Å². The molecule has 1 aliphatic carbocycles. The molecule has 1 heterocycles. The van der Waals surface area contributed by atoms with Crippen LogP contribution in [0.1, 0.15) is 29.1 Å². The van der Waals surface area contributed by atoms with Gasteiger partial charge in [-0.15, -0.1) is 0 Å². The second-order valence-electron chi connectivity index (χ2n) is 6.55. The van der Waals surface area contributed by atoms with E-state index in [4.69, 9.17) is 9.15 Å². The van der Waals surface area contributed by atoms with Crippen molar-refractivity contribution in [1.82, 2.24) is 4.98 Å². The van der Waals surface area contributed by atoms with E-state index in [2.05, 4.69) is 10.3 Å². The number of amides is 1. The van der Waals surface area contributed by atoms with Crippen LogP contribution in [-0.4, -0.2) is 16.9 Å². The molecule has 1 amide bonds. The molecule has 0 unspecified atom stereocenters. The van der Waals surface area contributed by atoms with Gasteiger partial charge in [0.2, 0.25) is 11.8 Å². The van der Waals surface area contributed by atoms with E-state index in [1.54, 1.807) is 36.4 Å². The number of carbonyl (C=O) groups is 2. The lowest BCUT2D eigenvalue weighted by atomic mass is 10.2. The maximum atomic E-state index is 13.0. The number of carbonyl (C=O) groups excluding carboxylic acids is 2. The Hall–Kier alpha value is -3.48. The van der Waals surface area contributed by atoms with Gasteiger partial charge in [0.15, 0.2) is 12.4 Å². The van der Waals surface area contributed by atoms with Gasteiger partial charge in [0, 0.05) is 17.2 Å². The van der Waals surface area contributed by atoms with Gasteiger partial charge in [-0.05, 0) is 55.3 Å². The number of hydrogen-bond donors (Lipinski definition) is 1. The van der Waals surface area contributed by atoms with Gasteiger partial charge in [0.25, 0.3) is 0 Å². The second-order valence-corrected chi connectivity index (χ2v) is 6.55. The van der Waals surface area contributed by atoms with E-state index < -0.39 is 5.97 Å². The SMILES string of the molecule is O=C(OCc1ncc(-c2ccc(F)cc2)o1)c1cccc(NC(=O)C2CC2)c1. The Morgan fingerprint density at radius 1 is 1.18 bits per heavy atom. The lowest BCUT2D eigenvalue weighted by molar-refractivity contribution is -0.117. The molecule has 0 spiro atoms. The molecule has 1 saturated carbocycles. The van der Waals surface area contributed by atoms with Crippen LogP contribution in [0.3, 0.4) is 0 Å². The fourth-order valence-corrected chi connectivity index (χ4v) is 2.65. The minimum atomic E-state index is -0.552. The van der Waals surface area contributed by atoms with Gasteiger partial charge in [-0.3, -0.25) is 4.79 Å². The molecule has 1 N–H and O–H groups in total. The third kappa shape index (κ3) is 4.25. The van der Waals surface area contributed by atoms with Crippen molar-refractivity contribution in [2.75, 3.05) is 5.32 Å². The molecular formula is C21H17FN2O4. The number of halogens is 1. The number of nitrogens with zero attached hydrogens (tertiary/aromatic N) is 1. The summed E-state index contributed by atoms with van der Waals surface area (Å²) in [6.07, 6.45) is 3.30. The van der Waals surface area contributed by atoms with E-state index in [0.717, 1.165) is 12.8 Å². The minimum absolute atomic E-state index is 0.0291. The average molecular weight is 380 g/mol. The molecule has 6 nitrogen and oxygen atoms in total. The molecule has 1 aliphatic rings. The highest BCUT2D eigenvalue weighted by molar-refractivity contribution is 5.96. The lowest BCUT2D eigenvalue weighted by Gasteiger charge is -2.07. The number of oxazole rings is 1.